The van der Waals surface area contributed by atoms with Crippen LogP contribution in [0.1, 0.15) is 30.5 Å². The van der Waals surface area contributed by atoms with Gasteiger partial charge in [0, 0.05) is 6.61 Å². The quantitative estimate of drug-likeness (QED) is 0.156. The summed E-state index contributed by atoms with van der Waals surface area (Å²) in [6.07, 6.45) is 6.73. The van der Waals surface area contributed by atoms with Gasteiger partial charge < -0.3 is 25.2 Å². The Morgan fingerprint density at radius 2 is 1.27 bits per heavy atom. The minimum atomic E-state index is -1.39. The first-order valence-electron chi connectivity index (χ1n) is 12.7. The van der Waals surface area contributed by atoms with Gasteiger partial charge in [0.25, 0.3) is 6.26 Å². The van der Waals surface area contributed by atoms with Crippen molar-refractivity contribution < 1.29 is 44.3 Å². The highest BCUT2D eigenvalue weighted by Crippen LogP contribution is 2.24. The third kappa shape index (κ3) is 14.9. The van der Waals surface area contributed by atoms with E-state index in [0.29, 0.717) is 22.8 Å². The summed E-state index contributed by atoms with van der Waals surface area (Å²) in [5.41, 5.74) is 3.14. The number of aliphatic imine (C=N–C) groups is 3. The molecule has 0 amide bonds. The van der Waals surface area contributed by atoms with Crippen molar-refractivity contribution in [1.82, 2.24) is 0 Å². The van der Waals surface area contributed by atoms with Crippen LogP contribution in [0.5, 0.6) is 5.75 Å². The van der Waals surface area contributed by atoms with Crippen LogP contribution in [0.25, 0.3) is 0 Å². The number of aryl methyl sites for hydroxylation is 1. The minimum absolute atomic E-state index is 0.250. The molecule has 44 heavy (non-hydrogen) atoms. The molecule has 13 nitrogen and oxygen atoms in total. The summed E-state index contributed by atoms with van der Waals surface area (Å²) in [6.45, 7) is 3.91. The minimum Gasteiger partial charge on any atom is -0.481 e. The normalized spacial score (nSPS) is 9.20. The Kier molecular flexibility index (Phi) is 19.3. The smallest absolute Gasteiger partial charge is 0.314 e. The largest absolute Gasteiger partial charge is 0.481 e. The molecule has 4 N–H and O–H groups in total. The third-order valence-corrected chi connectivity index (χ3v) is 5.35. The molecule has 0 aromatic heterocycles. The Hall–Kier alpha value is -5.56. The van der Waals surface area contributed by atoms with Gasteiger partial charge in [0.2, 0.25) is 18.2 Å². The van der Waals surface area contributed by atoms with E-state index in [4.69, 9.17) is 30.4 Å². The summed E-state index contributed by atoms with van der Waals surface area (Å²) in [5.74, 6) is -0.658. The summed E-state index contributed by atoms with van der Waals surface area (Å²) in [4.78, 5) is 50.6. The van der Waals surface area contributed by atoms with Crippen molar-refractivity contribution in [3.63, 3.8) is 0 Å². The average Bonchev–Trinajstić information content (AvgIpc) is 3.02. The van der Waals surface area contributed by atoms with Crippen LogP contribution in [-0.4, -0.2) is 64.5 Å². The van der Waals surface area contributed by atoms with E-state index in [2.05, 4.69) is 15.0 Å². The molecular weight excluding hydrogens is 572 g/mol. The Labute approximate surface area is 253 Å². The van der Waals surface area contributed by atoms with Crippen LogP contribution < -0.4 is 4.74 Å². The number of hydrogen-bond acceptors (Lipinski definition) is 12. The van der Waals surface area contributed by atoms with Gasteiger partial charge >= 0.3 is 5.97 Å². The van der Waals surface area contributed by atoms with E-state index in [1.165, 1.54) is 31.2 Å². The molecule has 0 atom stereocenters. The molecule has 0 saturated carbocycles. The fourth-order valence-corrected chi connectivity index (χ4v) is 2.78. The van der Waals surface area contributed by atoms with Gasteiger partial charge in [-0.25, -0.2) is 14.4 Å². The van der Waals surface area contributed by atoms with Crippen molar-refractivity contribution in [3.05, 3.63) is 83.4 Å². The number of carboxylic acids is 1. The number of nitrogens with zero attached hydrogens (tertiary/aromatic N) is 4. The highest BCUT2D eigenvalue weighted by molar-refractivity contribution is 5.74. The van der Waals surface area contributed by atoms with E-state index in [1.54, 1.807) is 56.5 Å². The van der Waals surface area contributed by atoms with Crippen molar-refractivity contribution in [2.75, 3.05) is 19.8 Å². The number of benzene rings is 3. The summed E-state index contributed by atoms with van der Waals surface area (Å²) in [6, 6.07) is 19.6. The Balaban J connectivity index is 0.000000644. The molecule has 0 unspecified atom stereocenters. The molecule has 0 radical (unpaired) electrons. The SMILES string of the molecule is CC(CO)(CO)C(=O)O.CCO.Cc1ccc(N=C=O)cc1N=C=O.N#COc1ccc(Cc2ccc(N=C=O)cc2)cc1. The third-order valence-electron chi connectivity index (χ3n) is 5.35. The fraction of sp³-hybridized carbons (Fsp3) is 0.258. The highest BCUT2D eigenvalue weighted by Gasteiger charge is 2.31. The van der Waals surface area contributed by atoms with Crippen LogP contribution in [0.15, 0.2) is 81.7 Å². The summed E-state index contributed by atoms with van der Waals surface area (Å²) in [7, 11) is 0. The fourth-order valence-electron chi connectivity index (χ4n) is 2.78. The van der Waals surface area contributed by atoms with E-state index >= 15 is 0 Å². The summed E-state index contributed by atoms with van der Waals surface area (Å²) < 4.78 is 4.71. The first kappa shape index (κ1) is 38.4. The molecule has 13 heteroatoms. The van der Waals surface area contributed by atoms with E-state index in [9.17, 15) is 19.2 Å². The number of aliphatic hydroxyl groups excluding tert-OH is 3. The maximum atomic E-state index is 10.2. The lowest BCUT2D eigenvalue weighted by Crippen LogP contribution is -2.35. The zero-order valence-electron chi connectivity index (χ0n) is 24.3. The van der Waals surface area contributed by atoms with Crippen LogP contribution in [-0.2, 0) is 25.6 Å². The van der Waals surface area contributed by atoms with E-state index in [0.717, 1.165) is 23.1 Å². The first-order chi connectivity index (χ1) is 21.1. The van der Waals surface area contributed by atoms with Gasteiger partial charge in [-0.3, -0.25) is 4.79 Å². The molecule has 0 aliphatic carbocycles. The summed E-state index contributed by atoms with van der Waals surface area (Å²) >= 11 is 0. The van der Waals surface area contributed by atoms with Gasteiger partial charge in [0.15, 0.2) is 0 Å². The number of aliphatic hydroxyl groups is 3. The first-order valence-corrected chi connectivity index (χ1v) is 12.7. The number of isocyanates is 3. The zero-order chi connectivity index (χ0) is 33.4. The summed E-state index contributed by atoms with van der Waals surface area (Å²) in [5, 5.41) is 41.1. The molecule has 3 aromatic rings. The number of aliphatic carboxylic acids is 1. The Morgan fingerprint density at radius 3 is 1.68 bits per heavy atom. The van der Waals surface area contributed by atoms with Crippen LogP contribution in [0.3, 0.4) is 0 Å². The van der Waals surface area contributed by atoms with Crippen LogP contribution >= 0.6 is 0 Å². The van der Waals surface area contributed by atoms with Gasteiger partial charge in [-0.05, 0) is 80.3 Å². The van der Waals surface area contributed by atoms with Gasteiger partial charge in [0.05, 0.1) is 30.3 Å². The number of rotatable bonds is 9. The molecule has 0 fully saturated rings. The van der Waals surface area contributed by atoms with E-state index in [-0.39, 0.29) is 6.61 Å². The number of carbonyl (C=O) groups excluding carboxylic acids is 3. The van der Waals surface area contributed by atoms with Gasteiger partial charge in [-0.1, -0.05) is 30.3 Å². The van der Waals surface area contributed by atoms with Gasteiger partial charge in [-0.2, -0.15) is 15.0 Å². The maximum Gasteiger partial charge on any atom is 0.314 e. The van der Waals surface area contributed by atoms with Crippen molar-refractivity contribution in [2.45, 2.75) is 27.2 Å². The predicted octanol–water partition coefficient (Wildman–Crippen LogP) is 4.09. The lowest BCUT2D eigenvalue weighted by atomic mass is 9.94. The number of carbonyl (C=O) groups is 1. The van der Waals surface area contributed by atoms with Crippen LogP contribution in [0, 0.1) is 23.9 Å². The van der Waals surface area contributed by atoms with E-state index < -0.39 is 24.6 Å². The maximum absolute atomic E-state index is 10.2. The van der Waals surface area contributed by atoms with Crippen molar-refractivity contribution in [1.29, 1.82) is 5.26 Å². The van der Waals surface area contributed by atoms with Crippen LogP contribution in [0.2, 0.25) is 0 Å². The average molecular weight is 605 g/mol. The van der Waals surface area contributed by atoms with Crippen molar-refractivity contribution >= 4 is 41.3 Å². The second-order valence-electron chi connectivity index (χ2n) is 8.76. The highest BCUT2D eigenvalue weighted by atomic mass is 16.5. The second kappa shape index (κ2) is 22.1. The predicted molar refractivity (Wildman–Crippen MR) is 159 cm³/mol. The van der Waals surface area contributed by atoms with Crippen LogP contribution in [0.4, 0.5) is 17.1 Å². The molecule has 0 bridgehead atoms. The molecule has 3 aromatic carbocycles. The lowest BCUT2D eigenvalue weighted by Gasteiger charge is -2.17. The number of ether oxygens (including phenoxy) is 1. The van der Waals surface area contributed by atoms with Crippen molar-refractivity contribution in [3.8, 4) is 12.0 Å². The molecule has 230 valence electrons. The monoisotopic (exact) mass is 604 g/mol. The molecule has 0 saturated heterocycles. The van der Waals surface area contributed by atoms with E-state index in [1.807, 2.05) is 24.3 Å². The number of nitriles is 1. The molecule has 3 rings (SSSR count). The molecular formula is C31H32N4O9. The topological polar surface area (TPSA) is 219 Å². The molecule has 0 aliphatic rings. The Morgan fingerprint density at radius 1 is 0.818 bits per heavy atom. The molecule has 0 spiro atoms. The van der Waals surface area contributed by atoms with Crippen molar-refractivity contribution in [2.24, 2.45) is 20.4 Å². The van der Waals surface area contributed by atoms with Gasteiger partial charge in [0.1, 0.15) is 11.2 Å². The molecule has 0 aliphatic heterocycles. The number of hydrogen-bond donors (Lipinski definition) is 4. The Bertz CT molecular complexity index is 1490. The number of carboxylic acid groups (broad SMARTS) is 1. The molecule has 0 heterocycles. The standard InChI is InChI=1S/C15H10N2O2.C9H6N2O2.C5H10O4.C2H6O/c16-10-19-15-7-3-13(4-8-15)9-12-1-5-14(6-2-12)17-11-18;1-7-2-3-8(10-5-12)4-9(7)11-6-13;1-5(2-6,3-7)4(8)9;1-2-3/h1-8H,9H2;2-4H,1H3;6-7H,2-3H2,1H3,(H,8,9);3H,2H2,1H3. The zero-order valence-corrected chi connectivity index (χ0v) is 24.3. The lowest BCUT2D eigenvalue weighted by molar-refractivity contribution is -0.152. The van der Waals surface area contributed by atoms with Gasteiger partial charge in [-0.15, -0.1) is 5.26 Å². The second-order valence-corrected chi connectivity index (χ2v) is 8.76.